The highest BCUT2D eigenvalue weighted by atomic mass is 79.9. The third-order valence-corrected chi connectivity index (χ3v) is 4.41. The van der Waals surface area contributed by atoms with Crippen LogP contribution in [0.3, 0.4) is 0 Å². The summed E-state index contributed by atoms with van der Waals surface area (Å²) in [4.78, 5) is 0.328. The molecule has 1 aromatic carbocycles. The van der Waals surface area contributed by atoms with E-state index in [4.69, 9.17) is 9.47 Å². The van der Waals surface area contributed by atoms with Crippen LogP contribution in [-0.4, -0.2) is 23.6 Å². The molecule has 2 rings (SSSR count). The molecule has 1 aromatic rings. The van der Waals surface area contributed by atoms with E-state index in [0.29, 0.717) is 15.0 Å². The summed E-state index contributed by atoms with van der Waals surface area (Å²) < 4.78 is 25.3. The fourth-order valence-corrected chi connectivity index (χ4v) is 2.94. The summed E-state index contributed by atoms with van der Waals surface area (Å²) in [5.74, 6) is 0.235. The van der Waals surface area contributed by atoms with Gasteiger partial charge in [-0.1, -0.05) is 22.9 Å². The van der Waals surface area contributed by atoms with Crippen molar-refractivity contribution in [3.63, 3.8) is 0 Å². The minimum atomic E-state index is -0.312. The molecule has 1 aliphatic carbocycles. The lowest BCUT2D eigenvalue weighted by atomic mass is 9.91. The molecular formula is C13H15Br2FO2. The van der Waals surface area contributed by atoms with Crippen molar-refractivity contribution in [1.82, 2.24) is 0 Å². The molecule has 0 aromatic heterocycles. The molecule has 0 heterocycles. The zero-order chi connectivity index (χ0) is 13.1. The Morgan fingerprint density at radius 3 is 2.83 bits per heavy atom. The number of rotatable bonds is 5. The SMILES string of the molecule is CCCOC1C(Br)CC1Oc1ccc(Br)c(F)c1. The van der Waals surface area contributed by atoms with E-state index in [2.05, 4.69) is 38.8 Å². The third kappa shape index (κ3) is 3.25. The fourth-order valence-electron chi connectivity index (χ4n) is 1.83. The second-order valence-corrected chi connectivity index (χ2v) is 6.35. The average molecular weight is 382 g/mol. The zero-order valence-corrected chi connectivity index (χ0v) is 13.2. The normalized spacial score (nSPS) is 26.8. The van der Waals surface area contributed by atoms with Crippen LogP contribution in [0, 0.1) is 5.82 Å². The number of hydrogen-bond donors (Lipinski definition) is 0. The Morgan fingerprint density at radius 1 is 1.44 bits per heavy atom. The Morgan fingerprint density at radius 2 is 2.22 bits per heavy atom. The summed E-state index contributed by atoms with van der Waals surface area (Å²) >= 11 is 6.67. The van der Waals surface area contributed by atoms with Gasteiger partial charge in [0.1, 0.15) is 23.8 Å². The van der Waals surface area contributed by atoms with Gasteiger partial charge in [-0.3, -0.25) is 0 Å². The van der Waals surface area contributed by atoms with E-state index < -0.39 is 0 Å². The highest BCUT2D eigenvalue weighted by molar-refractivity contribution is 9.10. The van der Waals surface area contributed by atoms with Crippen LogP contribution in [0.4, 0.5) is 4.39 Å². The monoisotopic (exact) mass is 380 g/mol. The van der Waals surface area contributed by atoms with E-state index in [9.17, 15) is 4.39 Å². The summed E-state index contributed by atoms with van der Waals surface area (Å²) in [5.41, 5.74) is 0. The van der Waals surface area contributed by atoms with E-state index in [1.165, 1.54) is 6.07 Å². The van der Waals surface area contributed by atoms with Crippen molar-refractivity contribution in [3.05, 3.63) is 28.5 Å². The van der Waals surface area contributed by atoms with Gasteiger partial charge in [0.15, 0.2) is 0 Å². The topological polar surface area (TPSA) is 18.5 Å². The number of ether oxygens (including phenoxy) is 2. The fraction of sp³-hybridized carbons (Fsp3) is 0.538. The van der Waals surface area contributed by atoms with Crippen LogP contribution < -0.4 is 4.74 Å². The molecule has 2 nitrogen and oxygen atoms in total. The summed E-state index contributed by atoms with van der Waals surface area (Å²) in [7, 11) is 0. The maximum atomic E-state index is 13.4. The minimum Gasteiger partial charge on any atom is -0.488 e. The maximum absolute atomic E-state index is 13.4. The second-order valence-electron chi connectivity index (χ2n) is 4.32. The van der Waals surface area contributed by atoms with Crippen LogP contribution in [0.2, 0.25) is 0 Å². The third-order valence-electron chi connectivity index (χ3n) is 2.87. The van der Waals surface area contributed by atoms with Gasteiger partial charge in [0.2, 0.25) is 0 Å². The molecule has 0 bridgehead atoms. The van der Waals surface area contributed by atoms with Gasteiger partial charge in [0.25, 0.3) is 0 Å². The molecule has 0 spiro atoms. The van der Waals surface area contributed by atoms with E-state index in [0.717, 1.165) is 19.4 Å². The molecule has 0 radical (unpaired) electrons. The van der Waals surface area contributed by atoms with Gasteiger partial charge in [-0.2, -0.15) is 0 Å². The van der Waals surface area contributed by atoms with Gasteiger partial charge < -0.3 is 9.47 Å². The summed E-state index contributed by atoms with van der Waals surface area (Å²) in [5, 5.41) is 0. The molecule has 18 heavy (non-hydrogen) atoms. The predicted molar refractivity (Wildman–Crippen MR) is 75.9 cm³/mol. The smallest absolute Gasteiger partial charge is 0.141 e. The first-order valence-electron chi connectivity index (χ1n) is 5.99. The molecule has 1 saturated carbocycles. The van der Waals surface area contributed by atoms with E-state index in [-0.39, 0.29) is 18.0 Å². The first-order valence-corrected chi connectivity index (χ1v) is 7.70. The van der Waals surface area contributed by atoms with Crippen LogP contribution in [0.5, 0.6) is 5.75 Å². The zero-order valence-electron chi connectivity index (χ0n) is 10.0. The number of benzene rings is 1. The minimum absolute atomic E-state index is 0.00139. The van der Waals surface area contributed by atoms with Gasteiger partial charge in [-0.05, 0) is 34.5 Å². The Kier molecular flexibility index (Phi) is 5.04. The van der Waals surface area contributed by atoms with Gasteiger partial charge in [0.05, 0.1) is 4.47 Å². The predicted octanol–water partition coefficient (Wildman–Crippen LogP) is 4.30. The van der Waals surface area contributed by atoms with Crippen LogP contribution in [0.15, 0.2) is 22.7 Å². The number of halogens is 3. The van der Waals surface area contributed by atoms with Gasteiger partial charge in [-0.25, -0.2) is 4.39 Å². The molecular weight excluding hydrogens is 367 g/mol. The van der Waals surface area contributed by atoms with E-state index in [1.54, 1.807) is 12.1 Å². The van der Waals surface area contributed by atoms with Crippen LogP contribution >= 0.6 is 31.9 Å². The molecule has 0 aliphatic heterocycles. The first-order chi connectivity index (χ1) is 8.61. The molecule has 3 atom stereocenters. The molecule has 0 amide bonds. The quantitative estimate of drug-likeness (QED) is 0.708. The molecule has 0 N–H and O–H groups in total. The first kappa shape index (κ1) is 14.3. The van der Waals surface area contributed by atoms with Crippen LogP contribution in [0.25, 0.3) is 0 Å². The molecule has 100 valence electrons. The van der Waals surface area contributed by atoms with Crippen molar-refractivity contribution in [2.24, 2.45) is 0 Å². The Labute approximate surface area is 123 Å². The van der Waals surface area contributed by atoms with Crippen molar-refractivity contribution >= 4 is 31.9 Å². The summed E-state index contributed by atoms with van der Waals surface area (Å²) in [6.45, 7) is 2.79. The van der Waals surface area contributed by atoms with E-state index in [1.807, 2.05) is 0 Å². The van der Waals surface area contributed by atoms with Crippen molar-refractivity contribution in [2.75, 3.05) is 6.61 Å². The highest BCUT2D eigenvalue weighted by Crippen LogP contribution is 2.34. The average Bonchev–Trinajstić information content (AvgIpc) is 2.33. The number of hydrogen-bond acceptors (Lipinski definition) is 2. The lowest BCUT2D eigenvalue weighted by Gasteiger charge is -2.40. The highest BCUT2D eigenvalue weighted by Gasteiger charge is 2.42. The van der Waals surface area contributed by atoms with Gasteiger partial charge in [0, 0.05) is 23.9 Å². The molecule has 5 heteroatoms. The maximum Gasteiger partial charge on any atom is 0.141 e. The van der Waals surface area contributed by atoms with Gasteiger partial charge in [-0.15, -0.1) is 0 Å². The Hall–Kier alpha value is -0.130. The Balaban J connectivity index is 1.94. The van der Waals surface area contributed by atoms with E-state index >= 15 is 0 Å². The largest absolute Gasteiger partial charge is 0.488 e. The lowest BCUT2D eigenvalue weighted by molar-refractivity contribution is -0.0762. The molecule has 3 unspecified atom stereocenters. The van der Waals surface area contributed by atoms with Crippen molar-refractivity contribution in [1.29, 1.82) is 0 Å². The van der Waals surface area contributed by atoms with Crippen LogP contribution in [0.1, 0.15) is 19.8 Å². The van der Waals surface area contributed by atoms with Crippen molar-refractivity contribution < 1.29 is 13.9 Å². The lowest BCUT2D eigenvalue weighted by Crippen LogP contribution is -2.52. The molecule has 1 aliphatic rings. The summed E-state index contributed by atoms with van der Waals surface area (Å²) in [6, 6.07) is 4.80. The summed E-state index contributed by atoms with van der Waals surface area (Å²) in [6.07, 6.45) is 1.92. The van der Waals surface area contributed by atoms with Crippen molar-refractivity contribution in [3.8, 4) is 5.75 Å². The standard InChI is InChI=1S/C13H15Br2FO2/c1-2-5-17-13-10(15)7-12(13)18-8-3-4-9(14)11(16)6-8/h3-4,6,10,12-13H,2,5,7H2,1H3. The molecule has 1 fully saturated rings. The van der Waals surface area contributed by atoms with Crippen molar-refractivity contribution in [2.45, 2.75) is 36.8 Å². The molecule has 0 saturated heterocycles. The second kappa shape index (κ2) is 6.35. The van der Waals surface area contributed by atoms with Gasteiger partial charge >= 0.3 is 0 Å². The van der Waals surface area contributed by atoms with Crippen LogP contribution in [-0.2, 0) is 4.74 Å². The number of alkyl halides is 1. The Bertz CT molecular complexity index is 414.